The summed E-state index contributed by atoms with van der Waals surface area (Å²) < 4.78 is 44.4. The van der Waals surface area contributed by atoms with E-state index in [0.717, 1.165) is 18.0 Å². The van der Waals surface area contributed by atoms with Crippen LogP contribution in [0.3, 0.4) is 0 Å². The van der Waals surface area contributed by atoms with Crippen molar-refractivity contribution < 1.29 is 27.5 Å². The largest absolute Gasteiger partial charge is 0.444 e. The van der Waals surface area contributed by atoms with Gasteiger partial charge in [0.2, 0.25) is 5.91 Å². The van der Waals surface area contributed by atoms with E-state index in [9.17, 15) is 22.8 Å². The molecule has 3 aliphatic heterocycles. The molecule has 8 nitrogen and oxygen atoms in total. The van der Waals surface area contributed by atoms with Gasteiger partial charge in [-0.2, -0.15) is 13.2 Å². The van der Waals surface area contributed by atoms with Gasteiger partial charge in [0.1, 0.15) is 17.5 Å². The number of alkyl halides is 3. The number of aromatic nitrogens is 1. The Kier molecular flexibility index (Phi) is 7.87. The van der Waals surface area contributed by atoms with Crippen molar-refractivity contribution in [2.75, 3.05) is 55.8 Å². The first-order valence-corrected chi connectivity index (χ1v) is 13.4. The molecule has 3 aliphatic rings. The second-order valence-corrected chi connectivity index (χ2v) is 11.7. The number of likely N-dealkylation sites (tertiary alicyclic amines) is 1. The Labute approximate surface area is 218 Å². The summed E-state index contributed by atoms with van der Waals surface area (Å²) in [6.45, 7) is 8.69. The van der Waals surface area contributed by atoms with Crippen LogP contribution in [0.2, 0.25) is 5.02 Å². The van der Waals surface area contributed by atoms with E-state index >= 15 is 0 Å². The van der Waals surface area contributed by atoms with Crippen molar-refractivity contribution in [3.8, 4) is 0 Å². The topological polar surface area (TPSA) is 69.2 Å². The van der Waals surface area contributed by atoms with Crippen molar-refractivity contribution in [3.05, 3.63) is 22.8 Å². The van der Waals surface area contributed by atoms with Gasteiger partial charge in [0.15, 0.2) is 0 Å². The Morgan fingerprint density at radius 1 is 1.14 bits per heavy atom. The number of halogens is 4. The zero-order valence-electron chi connectivity index (χ0n) is 20.6. The van der Waals surface area contributed by atoms with Crippen LogP contribution in [0.4, 0.5) is 23.8 Å². The van der Waals surface area contributed by atoms with E-state index in [4.69, 9.17) is 16.3 Å². The lowest BCUT2D eigenvalue weighted by Crippen LogP contribution is -2.51. The summed E-state index contributed by atoms with van der Waals surface area (Å²) in [5, 5.41) is -0.0376. The van der Waals surface area contributed by atoms with Crippen LogP contribution in [0.5, 0.6) is 0 Å². The number of rotatable bonds is 3. The molecule has 0 aliphatic carbocycles. The molecule has 36 heavy (non-hydrogen) atoms. The van der Waals surface area contributed by atoms with Gasteiger partial charge in [0.05, 0.1) is 16.5 Å². The van der Waals surface area contributed by atoms with Crippen molar-refractivity contribution in [2.45, 2.75) is 51.1 Å². The van der Waals surface area contributed by atoms with Crippen molar-refractivity contribution in [2.24, 2.45) is 0 Å². The SMILES string of the molecule is CC(C)(C)OC(=O)N1C[C@@H](N2CCN(c3ncc(C(F)(F)F)cc3Cl)CC2)C[C@H]1C(=O)N1CCSC1. The fourth-order valence-electron chi connectivity index (χ4n) is 4.75. The lowest BCUT2D eigenvalue weighted by atomic mass is 10.1. The van der Waals surface area contributed by atoms with Crippen LogP contribution in [0, 0.1) is 0 Å². The molecule has 0 N–H and O–H groups in total. The maximum absolute atomic E-state index is 13.3. The molecule has 0 unspecified atom stereocenters. The molecule has 200 valence electrons. The predicted octanol–water partition coefficient (Wildman–Crippen LogP) is 3.79. The Morgan fingerprint density at radius 3 is 2.39 bits per heavy atom. The molecule has 2 amide bonds. The van der Waals surface area contributed by atoms with E-state index in [2.05, 4.69) is 9.88 Å². The average Bonchev–Trinajstić information content (AvgIpc) is 3.48. The third-order valence-electron chi connectivity index (χ3n) is 6.54. The first-order valence-electron chi connectivity index (χ1n) is 11.9. The minimum absolute atomic E-state index is 0.0279. The molecule has 0 radical (unpaired) electrons. The van der Waals surface area contributed by atoms with Crippen LogP contribution in [-0.4, -0.2) is 100 Å². The molecule has 1 aromatic heterocycles. The Morgan fingerprint density at radius 2 is 1.83 bits per heavy atom. The fraction of sp³-hybridized carbons (Fsp3) is 0.696. The number of carbonyl (C=O) groups excluding carboxylic acids is 2. The third kappa shape index (κ3) is 6.13. The number of thioether (sulfide) groups is 1. The number of hydrogen-bond acceptors (Lipinski definition) is 7. The van der Waals surface area contributed by atoms with Gasteiger partial charge in [-0.05, 0) is 33.3 Å². The quantitative estimate of drug-likeness (QED) is 0.568. The summed E-state index contributed by atoms with van der Waals surface area (Å²) in [4.78, 5) is 37.7. The molecule has 4 heterocycles. The number of carbonyl (C=O) groups is 2. The standard InChI is InChI=1S/C23H31ClF3N5O3S/c1-22(2,3)35-21(34)32-13-16(11-18(32)20(33)31-8-9-36-14-31)29-4-6-30(7-5-29)19-17(24)10-15(12-28-19)23(25,26)27/h10,12,16,18H,4-9,11,13-14H2,1-3H3/t16-,18-/m0/s1. The maximum atomic E-state index is 13.3. The first kappa shape index (κ1) is 27.1. The minimum Gasteiger partial charge on any atom is -0.444 e. The summed E-state index contributed by atoms with van der Waals surface area (Å²) in [7, 11) is 0. The van der Waals surface area contributed by atoms with Crippen LogP contribution >= 0.6 is 23.4 Å². The summed E-state index contributed by atoms with van der Waals surface area (Å²) in [6.07, 6.45) is -3.68. The van der Waals surface area contributed by atoms with E-state index in [1.807, 2.05) is 4.90 Å². The third-order valence-corrected chi connectivity index (χ3v) is 7.78. The van der Waals surface area contributed by atoms with Gasteiger partial charge in [-0.15, -0.1) is 11.8 Å². The second-order valence-electron chi connectivity index (χ2n) is 10.2. The van der Waals surface area contributed by atoms with E-state index in [-0.39, 0.29) is 17.0 Å². The molecule has 0 spiro atoms. The zero-order valence-corrected chi connectivity index (χ0v) is 22.1. The normalized spacial score (nSPS) is 23.9. The lowest BCUT2D eigenvalue weighted by Gasteiger charge is -2.38. The highest BCUT2D eigenvalue weighted by atomic mass is 35.5. The number of ether oxygens (including phenoxy) is 1. The van der Waals surface area contributed by atoms with Gasteiger partial charge in [-0.3, -0.25) is 14.6 Å². The number of piperazine rings is 1. The Balaban J connectivity index is 1.42. The van der Waals surface area contributed by atoms with Crippen LogP contribution in [-0.2, 0) is 15.7 Å². The van der Waals surface area contributed by atoms with E-state index in [1.165, 1.54) is 0 Å². The summed E-state index contributed by atoms with van der Waals surface area (Å²) in [6, 6.07) is 0.297. The molecule has 0 aromatic carbocycles. The van der Waals surface area contributed by atoms with Gasteiger partial charge in [0, 0.05) is 57.3 Å². The molecular weight excluding hydrogens is 519 g/mol. The van der Waals surface area contributed by atoms with Crippen molar-refractivity contribution >= 4 is 41.2 Å². The number of amides is 2. The summed E-state index contributed by atoms with van der Waals surface area (Å²) in [5.41, 5.74) is -1.55. The molecule has 13 heteroatoms. The molecule has 2 atom stereocenters. The molecule has 0 saturated carbocycles. The van der Waals surface area contributed by atoms with Crippen molar-refractivity contribution in [1.82, 2.24) is 19.7 Å². The molecule has 0 bridgehead atoms. The van der Waals surface area contributed by atoms with E-state index < -0.39 is 29.5 Å². The van der Waals surface area contributed by atoms with Gasteiger partial charge >= 0.3 is 12.3 Å². The van der Waals surface area contributed by atoms with Gasteiger partial charge in [-0.1, -0.05) is 11.6 Å². The second kappa shape index (κ2) is 10.4. The van der Waals surface area contributed by atoms with Crippen LogP contribution in [0.1, 0.15) is 32.8 Å². The minimum atomic E-state index is -4.50. The van der Waals surface area contributed by atoms with Crippen molar-refractivity contribution in [3.63, 3.8) is 0 Å². The van der Waals surface area contributed by atoms with Crippen LogP contribution in [0.25, 0.3) is 0 Å². The fourth-order valence-corrected chi connectivity index (χ4v) is 5.99. The average molecular weight is 550 g/mol. The monoisotopic (exact) mass is 549 g/mol. The van der Waals surface area contributed by atoms with E-state index in [1.54, 1.807) is 42.3 Å². The van der Waals surface area contributed by atoms with Gasteiger partial charge < -0.3 is 14.5 Å². The summed E-state index contributed by atoms with van der Waals surface area (Å²) in [5.74, 6) is 1.79. The Bertz CT molecular complexity index is 979. The number of hydrogen-bond donors (Lipinski definition) is 0. The predicted molar refractivity (Wildman–Crippen MR) is 132 cm³/mol. The van der Waals surface area contributed by atoms with E-state index in [0.29, 0.717) is 57.4 Å². The number of pyridine rings is 1. The number of anilines is 1. The molecule has 4 rings (SSSR count). The lowest BCUT2D eigenvalue weighted by molar-refractivity contribution is -0.137. The molecule has 3 saturated heterocycles. The highest BCUT2D eigenvalue weighted by Gasteiger charge is 2.45. The highest BCUT2D eigenvalue weighted by molar-refractivity contribution is 7.99. The zero-order chi connectivity index (χ0) is 26.3. The van der Waals surface area contributed by atoms with Crippen LogP contribution < -0.4 is 4.90 Å². The van der Waals surface area contributed by atoms with Crippen molar-refractivity contribution in [1.29, 1.82) is 0 Å². The smallest absolute Gasteiger partial charge is 0.417 e. The molecule has 3 fully saturated rings. The van der Waals surface area contributed by atoms with Crippen LogP contribution in [0.15, 0.2) is 12.3 Å². The first-order chi connectivity index (χ1) is 16.8. The maximum Gasteiger partial charge on any atom is 0.417 e. The molecule has 1 aromatic rings. The highest BCUT2D eigenvalue weighted by Crippen LogP contribution is 2.34. The Hall–Kier alpha value is -1.92. The number of nitrogens with zero attached hydrogens (tertiary/aromatic N) is 5. The molecular formula is C23H31ClF3N5O3S. The summed E-state index contributed by atoms with van der Waals surface area (Å²) >= 11 is 7.83. The van der Waals surface area contributed by atoms with Gasteiger partial charge in [0.25, 0.3) is 0 Å². The van der Waals surface area contributed by atoms with Gasteiger partial charge in [-0.25, -0.2) is 9.78 Å².